The lowest BCUT2D eigenvalue weighted by molar-refractivity contribution is -0.167. The molecule has 0 fully saturated rings. The van der Waals surface area contributed by atoms with Gasteiger partial charge in [0.15, 0.2) is 6.10 Å². The second kappa shape index (κ2) is 55.5. The first kappa shape index (κ1) is 63.9. The third kappa shape index (κ3) is 52.9. The van der Waals surface area contributed by atoms with Gasteiger partial charge in [-0.15, -0.1) is 0 Å². The van der Waals surface area contributed by atoms with E-state index in [1.807, 2.05) is 0 Å². The maximum atomic E-state index is 12.8. The second-order valence-corrected chi connectivity index (χ2v) is 19.9. The Labute approximate surface area is 411 Å². The molecule has 0 amide bonds. The van der Waals surface area contributed by atoms with Crippen molar-refractivity contribution < 1.29 is 28.6 Å². The molecule has 0 N–H and O–H groups in total. The Morgan fingerprint density at radius 2 is 0.515 bits per heavy atom. The highest BCUT2D eigenvalue weighted by atomic mass is 16.6. The van der Waals surface area contributed by atoms with Crippen LogP contribution in [0.2, 0.25) is 0 Å². The summed E-state index contributed by atoms with van der Waals surface area (Å²) in [4.78, 5) is 38.1. The van der Waals surface area contributed by atoms with Gasteiger partial charge in [-0.2, -0.15) is 0 Å². The van der Waals surface area contributed by atoms with Gasteiger partial charge in [0, 0.05) is 19.3 Å². The van der Waals surface area contributed by atoms with Crippen LogP contribution in [0.25, 0.3) is 0 Å². The van der Waals surface area contributed by atoms with Gasteiger partial charge in [0.25, 0.3) is 0 Å². The first-order valence-corrected chi connectivity index (χ1v) is 29.3. The average Bonchev–Trinajstić information content (AvgIpc) is 3.31. The van der Waals surface area contributed by atoms with E-state index in [0.717, 1.165) is 64.2 Å². The number of unbranched alkanes of at least 4 members (excludes halogenated alkanes) is 39. The molecule has 0 aromatic heterocycles. The van der Waals surface area contributed by atoms with Crippen LogP contribution in [-0.2, 0) is 28.6 Å². The molecule has 0 aliphatic carbocycles. The van der Waals surface area contributed by atoms with Crippen LogP contribution in [0.4, 0.5) is 0 Å². The predicted octanol–water partition coefficient (Wildman–Crippen LogP) is 19.5. The minimum atomic E-state index is -0.772. The molecule has 0 aliphatic rings. The number of carbonyl (C=O) groups is 3. The van der Waals surface area contributed by atoms with Gasteiger partial charge in [0.1, 0.15) is 13.2 Å². The van der Waals surface area contributed by atoms with E-state index in [1.54, 1.807) is 0 Å². The fraction of sp³-hybridized carbons (Fsp3) is 0.883. The first-order chi connectivity index (χ1) is 32.5. The smallest absolute Gasteiger partial charge is 0.306 e. The minimum absolute atomic E-state index is 0.0720. The molecule has 6 nitrogen and oxygen atoms in total. The Kier molecular flexibility index (Phi) is 53.7. The van der Waals surface area contributed by atoms with Gasteiger partial charge < -0.3 is 14.2 Å². The van der Waals surface area contributed by atoms with E-state index in [2.05, 4.69) is 45.1 Å². The highest BCUT2D eigenvalue weighted by molar-refractivity contribution is 5.71. The largest absolute Gasteiger partial charge is 0.462 e. The lowest BCUT2D eigenvalue weighted by atomic mass is 10.0. The molecule has 66 heavy (non-hydrogen) atoms. The number of hydrogen-bond donors (Lipinski definition) is 0. The molecule has 0 rings (SSSR count). The summed E-state index contributed by atoms with van der Waals surface area (Å²) in [7, 11) is 0. The Hall–Kier alpha value is -2.11. The van der Waals surface area contributed by atoms with Gasteiger partial charge >= 0.3 is 17.9 Å². The topological polar surface area (TPSA) is 78.9 Å². The fourth-order valence-corrected chi connectivity index (χ4v) is 8.71. The Balaban J connectivity index is 4.28. The van der Waals surface area contributed by atoms with Crippen LogP contribution in [-0.4, -0.2) is 37.2 Å². The summed E-state index contributed by atoms with van der Waals surface area (Å²) < 4.78 is 16.9. The van der Waals surface area contributed by atoms with Crippen molar-refractivity contribution in [3.8, 4) is 0 Å². The van der Waals surface area contributed by atoms with Gasteiger partial charge in [-0.25, -0.2) is 0 Å². The van der Waals surface area contributed by atoms with E-state index in [9.17, 15) is 14.4 Å². The van der Waals surface area contributed by atoms with Crippen molar-refractivity contribution in [2.45, 2.75) is 329 Å². The molecule has 0 heterocycles. The Morgan fingerprint density at radius 3 is 0.803 bits per heavy atom. The average molecular weight is 930 g/mol. The van der Waals surface area contributed by atoms with Crippen molar-refractivity contribution in [1.29, 1.82) is 0 Å². The molecule has 0 saturated carbocycles. The monoisotopic (exact) mass is 929 g/mol. The zero-order valence-corrected chi connectivity index (χ0v) is 44.5. The number of allylic oxidation sites excluding steroid dienone is 4. The summed E-state index contributed by atoms with van der Waals surface area (Å²) in [6, 6.07) is 0. The summed E-state index contributed by atoms with van der Waals surface area (Å²) in [6.07, 6.45) is 64.6. The molecule has 0 radical (unpaired) electrons. The molecule has 0 aromatic carbocycles. The van der Waals surface area contributed by atoms with Crippen molar-refractivity contribution in [3.05, 3.63) is 24.3 Å². The van der Waals surface area contributed by atoms with Crippen LogP contribution in [0.5, 0.6) is 0 Å². The van der Waals surface area contributed by atoms with Crippen molar-refractivity contribution >= 4 is 17.9 Å². The minimum Gasteiger partial charge on any atom is -0.462 e. The molecular formula is C60H112O6. The molecule has 1 atom stereocenters. The van der Waals surface area contributed by atoms with E-state index >= 15 is 0 Å². The van der Waals surface area contributed by atoms with E-state index in [1.165, 1.54) is 218 Å². The number of carbonyl (C=O) groups excluding carboxylic acids is 3. The van der Waals surface area contributed by atoms with Gasteiger partial charge in [0.2, 0.25) is 0 Å². The van der Waals surface area contributed by atoms with Crippen molar-refractivity contribution in [3.63, 3.8) is 0 Å². The molecule has 388 valence electrons. The van der Waals surface area contributed by atoms with E-state index in [-0.39, 0.29) is 31.1 Å². The molecule has 0 aliphatic heterocycles. The van der Waals surface area contributed by atoms with Crippen LogP contribution in [0, 0.1) is 0 Å². The van der Waals surface area contributed by atoms with Crippen molar-refractivity contribution in [2.24, 2.45) is 0 Å². The summed E-state index contributed by atoms with van der Waals surface area (Å²) >= 11 is 0. The second-order valence-electron chi connectivity index (χ2n) is 19.9. The summed E-state index contributed by atoms with van der Waals surface area (Å²) in [5.74, 6) is -0.866. The molecule has 0 aromatic rings. The molecular weight excluding hydrogens is 817 g/mol. The molecule has 0 spiro atoms. The Morgan fingerprint density at radius 1 is 0.288 bits per heavy atom. The standard InChI is InChI=1S/C60H112O6/c1-4-7-10-13-16-19-22-24-26-28-30-32-33-35-38-41-44-47-50-53-59(62)65-56-57(55-64-58(61)52-49-46-43-40-37-21-18-15-12-9-6-3)66-60(63)54-51-48-45-42-39-36-34-31-29-27-25-23-20-17-14-11-8-5-2/h15,18,28,30,57H,4-14,16-17,19-27,29,31-56H2,1-3H3/b18-15-,30-28-. The van der Waals surface area contributed by atoms with Gasteiger partial charge in [-0.3, -0.25) is 14.4 Å². The SMILES string of the molecule is CCCC/C=C\CCCCCCCC(=O)OCC(COC(=O)CCCCCCCCC/C=C\CCCCCCCCCC)OC(=O)CCCCCCCCCCCCCCCCCCCC. The van der Waals surface area contributed by atoms with E-state index < -0.39 is 6.10 Å². The highest BCUT2D eigenvalue weighted by Crippen LogP contribution is 2.17. The molecule has 0 saturated heterocycles. The first-order valence-electron chi connectivity index (χ1n) is 29.3. The summed E-state index contributed by atoms with van der Waals surface area (Å²) in [5, 5.41) is 0. The summed E-state index contributed by atoms with van der Waals surface area (Å²) in [6.45, 7) is 6.64. The zero-order chi connectivity index (χ0) is 47.9. The normalized spacial score (nSPS) is 12.1. The van der Waals surface area contributed by atoms with Crippen LogP contribution < -0.4 is 0 Å². The summed E-state index contributed by atoms with van der Waals surface area (Å²) in [5.41, 5.74) is 0. The molecule has 6 heteroatoms. The van der Waals surface area contributed by atoms with Crippen molar-refractivity contribution in [2.75, 3.05) is 13.2 Å². The lowest BCUT2D eigenvalue weighted by Gasteiger charge is -2.18. The van der Waals surface area contributed by atoms with Crippen LogP contribution in [0.3, 0.4) is 0 Å². The predicted molar refractivity (Wildman–Crippen MR) is 284 cm³/mol. The maximum Gasteiger partial charge on any atom is 0.306 e. The number of hydrogen-bond acceptors (Lipinski definition) is 6. The Bertz CT molecular complexity index is 1070. The van der Waals surface area contributed by atoms with Crippen LogP contribution in [0.1, 0.15) is 323 Å². The number of esters is 3. The zero-order valence-electron chi connectivity index (χ0n) is 44.5. The number of rotatable bonds is 54. The van der Waals surface area contributed by atoms with Crippen LogP contribution >= 0.6 is 0 Å². The number of ether oxygens (including phenoxy) is 3. The lowest BCUT2D eigenvalue weighted by Crippen LogP contribution is -2.30. The highest BCUT2D eigenvalue weighted by Gasteiger charge is 2.19. The van der Waals surface area contributed by atoms with Crippen molar-refractivity contribution in [1.82, 2.24) is 0 Å². The molecule has 0 bridgehead atoms. The maximum absolute atomic E-state index is 12.8. The van der Waals surface area contributed by atoms with Gasteiger partial charge in [-0.1, -0.05) is 263 Å². The van der Waals surface area contributed by atoms with Gasteiger partial charge in [0.05, 0.1) is 0 Å². The fourth-order valence-electron chi connectivity index (χ4n) is 8.71. The molecule has 1 unspecified atom stereocenters. The van der Waals surface area contributed by atoms with Crippen LogP contribution in [0.15, 0.2) is 24.3 Å². The third-order valence-corrected chi connectivity index (χ3v) is 13.2. The quantitative estimate of drug-likeness (QED) is 0.0262. The van der Waals surface area contributed by atoms with Gasteiger partial charge in [-0.05, 0) is 64.2 Å². The van der Waals surface area contributed by atoms with E-state index in [0.29, 0.717) is 19.3 Å². The van der Waals surface area contributed by atoms with E-state index in [4.69, 9.17) is 14.2 Å². The third-order valence-electron chi connectivity index (χ3n) is 13.2.